The first kappa shape index (κ1) is 16.2. The van der Waals surface area contributed by atoms with E-state index >= 15 is 0 Å². The molecule has 0 heterocycles. The number of fused-ring (bicyclic) bond motifs is 8. The Hall–Kier alpha value is -2.74. The molecule has 6 rings (SSSR count). The minimum absolute atomic E-state index is 0.238. The van der Waals surface area contributed by atoms with Gasteiger partial charge in [-0.05, 0) is 33.9 Å². The lowest BCUT2D eigenvalue weighted by Gasteiger charge is -2.50. The van der Waals surface area contributed by atoms with E-state index in [0.29, 0.717) is 0 Å². The van der Waals surface area contributed by atoms with Crippen molar-refractivity contribution in [3.63, 3.8) is 0 Å². The van der Waals surface area contributed by atoms with E-state index in [1.54, 1.807) is 0 Å². The van der Waals surface area contributed by atoms with Crippen molar-refractivity contribution in [3.8, 4) is 0 Å². The predicted molar refractivity (Wildman–Crippen MR) is 108 cm³/mol. The van der Waals surface area contributed by atoms with Gasteiger partial charge in [-0.25, -0.2) is 0 Å². The fourth-order valence-corrected chi connectivity index (χ4v) is 7.71. The molecule has 28 heavy (non-hydrogen) atoms. The Bertz CT molecular complexity index is 1210. The summed E-state index contributed by atoms with van der Waals surface area (Å²) in [6.07, 6.45) is 3.41. The smallest absolute Gasteiger partial charge is 0.230 e. The fraction of sp³-hybridized carbons (Fsp3) is 0.308. The standard InChI is InChI=1S/C26H22O2/c1-23-15-9-5-6-10-16(15)24(2)19-13-14-20(27)22(28)21(19)25(3,26(23,24)4)18-12-8-7-11-17(18)23/h5-14H,1-4H3/t23-,24+,25-,26+/m1/s1. The third-order valence-electron chi connectivity index (χ3n) is 9.17. The van der Waals surface area contributed by atoms with E-state index in [4.69, 9.17) is 0 Å². The van der Waals surface area contributed by atoms with Crippen molar-refractivity contribution in [2.45, 2.75) is 43.9 Å². The Kier molecular flexibility index (Phi) is 2.49. The number of hydrogen-bond donors (Lipinski definition) is 0. The van der Waals surface area contributed by atoms with Crippen LogP contribution in [0.15, 0.2) is 71.8 Å². The molecule has 2 aromatic rings. The second-order valence-corrected chi connectivity index (χ2v) is 9.41. The second-order valence-electron chi connectivity index (χ2n) is 9.41. The van der Waals surface area contributed by atoms with Gasteiger partial charge in [0.15, 0.2) is 0 Å². The van der Waals surface area contributed by atoms with Gasteiger partial charge in [0, 0.05) is 27.2 Å². The summed E-state index contributed by atoms with van der Waals surface area (Å²) < 4.78 is 0. The number of ketones is 2. The van der Waals surface area contributed by atoms with E-state index in [1.165, 1.54) is 28.3 Å². The molecule has 0 amide bonds. The lowest BCUT2D eigenvalue weighted by Crippen LogP contribution is -2.52. The van der Waals surface area contributed by atoms with Crippen molar-refractivity contribution in [1.29, 1.82) is 0 Å². The number of allylic oxidation sites excluding steroid dienone is 4. The molecule has 2 aromatic carbocycles. The van der Waals surface area contributed by atoms with Gasteiger partial charge < -0.3 is 0 Å². The highest BCUT2D eigenvalue weighted by atomic mass is 16.2. The maximum Gasteiger partial charge on any atom is 0.230 e. The topological polar surface area (TPSA) is 34.1 Å². The molecule has 2 heteroatoms. The van der Waals surface area contributed by atoms with Crippen molar-refractivity contribution < 1.29 is 9.59 Å². The number of rotatable bonds is 0. The summed E-state index contributed by atoms with van der Waals surface area (Å²) in [5.74, 6) is -0.722. The Morgan fingerprint density at radius 2 is 1.07 bits per heavy atom. The minimum atomic E-state index is -0.515. The Labute approximate surface area is 165 Å². The van der Waals surface area contributed by atoms with Gasteiger partial charge in [-0.3, -0.25) is 9.59 Å². The maximum absolute atomic E-state index is 13.3. The molecule has 0 N–H and O–H groups in total. The molecule has 0 fully saturated rings. The molecule has 0 bridgehead atoms. The van der Waals surface area contributed by atoms with Crippen LogP contribution in [0.5, 0.6) is 0 Å². The number of hydrogen-bond acceptors (Lipinski definition) is 2. The van der Waals surface area contributed by atoms with E-state index in [2.05, 4.69) is 76.2 Å². The molecule has 2 nitrogen and oxygen atoms in total. The van der Waals surface area contributed by atoms with Gasteiger partial charge in [-0.15, -0.1) is 0 Å². The summed E-state index contributed by atoms with van der Waals surface area (Å²) in [6.45, 7) is 9.18. The zero-order valence-corrected chi connectivity index (χ0v) is 16.6. The van der Waals surface area contributed by atoms with Crippen LogP contribution in [0.3, 0.4) is 0 Å². The Morgan fingerprint density at radius 1 is 0.607 bits per heavy atom. The average molecular weight is 366 g/mol. The van der Waals surface area contributed by atoms with Gasteiger partial charge in [0.2, 0.25) is 11.6 Å². The van der Waals surface area contributed by atoms with Crippen LogP contribution in [0.4, 0.5) is 0 Å². The monoisotopic (exact) mass is 366 g/mol. The molecule has 4 aliphatic carbocycles. The highest BCUT2D eigenvalue weighted by Crippen LogP contribution is 2.82. The summed E-state index contributed by atoms with van der Waals surface area (Å²) >= 11 is 0. The highest BCUT2D eigenvalue weighted by molar-refractivity contribution is 6.49. The summed E-state index contributed by atoms with van der Waals surface area (Å²) in [5.41, 5.74) is 5.50. The highest BCUT2D eigenvalue weighted by Gasteiger charge is 2.80. The van der Waals surface area contributed by atoms with Gasteiger partial charge in [-0.2, -0.15) is 0 Å². The summed E-state index contributed by atoms with van der Waals surface area (Å²) in [4.78, 5) is 25.7. The van der Waals surface area contributed by atoms with Gasteiger partial charge >= 0.3 is 0 Å². The van der Waals surface area contributed by atoms with Crippen molar-refractivity contribution in [3.05, 3.63) is 94.1 Å². The molecule has 0 spiro atoms. The fourth-order valence-electron chi connectivity index (χ4n) is 7.71. The van der Waals surface area contributed by atoms with Crippen molar-refractivity contribution in [2.24, 2.45) is 5.41 Å². The molecule has 0 radical (unpaired) electrons. The average Bonchev–Trinajstić information content (AvgIpc) is 3.06. The molecular weight excluding hydrogens is 344 g/mol. The third kappa shape index (κ3) is 1.17. The first-order valence-electron chi connectivity index (χ1n) is 9.97. The molecule has 4 aliphatic rings. The molecule has 0 aromatic heterocycles. The van der Waals surface area contributed by atoms with Gasteiger partial charge in [0.05, 0.1) is 0 Å². The van der Waals surface area contributed by atoms with Gasteiger partial charge in [-0.1, -0.05) is 82.3 Å². The summed E-state index contributed by atoms with van der Waals surface area (Å²) in [7, 11) is 0. The lowest BCUT2D eigenvalue weighted by atomic mass is 9.51. The van der Waals surface area contributed by atoms with E-state index < -0.39 is 11.2 Å². The SMILES string of the molecule is C[C@]12c3ccccc3[C@]3(C)C4=C(C=CC(=O)C4=O)[C@](C)(c4ccccc41)[C@]23C. The minimum Gasteiger partial charge on any atom is -0.286 e. The van der Waals surface area contributed by atoms with E-state index in [0.717, 1.165) is 11.1 Å². The molecular formula is C26H22O2. The number of Topliss-reactive ketones (excluding diaryl/α,β-unsaturated/α-hetero) is 1. The van der Waals surface area contributed by atoms with E-state index in [-0.39, 0.29) is 22.0 Å². The lowest BCUT2D eigenvalue weighted by molar-refractivity contribution is -0.132. The molecule has 0 saturated heterocycles. The maximum atomic E-state index is 13.3. The zero-order valence-electron chi connectivity index (χ0n) is 16.6. The summed E-state index contributed by atoms with van der Waals surface area (Å²) in [6, 6.07) is 17.2. The summed E-state index contributed by atoms with van der Waals surface area (Å²) in [5, 5.41) is 0. The zero-order chi connectivity index (χ0) is 19.7. The van der Waals surface area contributed by atoms with Crippen molar-refractivity contribution in [2.75, 3.05) is 0 Å². The normalized spacial score (nSPS) is 39.1. The van der Waals surface area contributed by atoms with Crippen LogP contribution in [-0.2, 0) is 25.8 Å². The van der Waals surface area contributed by atoms with E-state index in [9.17, 15) is 9.59 Å². The van der Waals surface area contributed by atoms with Crippen LogP contribution in [0, 0.1) is 5.41 Å². The third-order valence-corrected chi connectivity index (χ3v) is 9.17. The number of benzene rings is 2. The molecule has 0 unspecified atom stereocenters. The van der Waals surface area contributed by atoms with Crippen LogP contribution >= 0.6 is 0 Å². The van der Waals surface area contributed by atoms with Gasteiger partial charge in [0.25, 0.3) is 0 Å². The largest absolute Gasteiger partial charge is 0.286 e. The number of carbonyl (C=O) groups is 2. The second kappa shape index (κ2) is 4.30. The quantitative estimate of drug-likeness (QED) is 0.506. The molecule has 4 atom stereocenters. The predicted octanol–water partition coefficient (Wildman–Crippen LogP) is 4.56. The molecule has 0 saturated carbocycles. The first-order chi connectivity index (χ1) is 13.3. The van der Waals surface area contributed by atoms with Crippen molar-refractivity contribution >= 4 is 11.6 Å². The van der Waals surface area contributed by atoms with Gasteiger partial charge in [0.1, 0.15) is 0 Å². The van der Waals surface area contributed by atoms with E-state index in [1.807, 2.05) is 6.08 Å². The van der Waals surface area contributed by atoms with Crippen LogP contribution in [-0.4, -0.2) is 11.6 Å². The number of carbonyl (C=O) groups excluding carboxylic acids is 2. The molecule has 138 valence electrons. The van der Waals surface area contributed by atoms with Crippen LogP contribution in [0.2, 0.25) is 0 Å². The Balaban J connectivity index is 1.90. The first-order valence-corrected chi connectivity index (χ1v) is 9.97. The van der Waals surface area contributed by atoms with Crippen molar-refractivity contribution in [1.82, 2.24) is 0 Å². The van der Waals surface area contributed by atoms with Crippen LogP contribution in [0.25, 0.3) is 0 Å². The van der Waals surface area contributed by atoms with Crippen LogP contribution < -0.4 is 0 Å². The molecule has 0 aliphatic heterocycles. The van der Waals surface area contributed by atoms with Crippen LogP contribution in [0.1, 0.15) is 49.9 Å². The Morgan fingerprint density at radius 3 is 1.61 bits per heavy atom.